The predicted molar refractivity (Wildman–Crippen MR) is 114 cm³/mol. The maximum atomic E-state index is 13.4. The molecule has 1 aromatic heterocycles. The van der Waals surface area contributed by atoms with E-state index in [0.29, 0.717) is 31.2 Å². The third kappa shape index (κ3) is 3.80. The molecule has 3 heterocycles. The summed E-state index contributed by atoms with van der Waals surface area (Å²) in [6.45, 7) is 3.52. The Morgan fingerprint density at radius 3 is 2.73 bits per heavy atom. The van der Waals surface area contributed by atoms with Crippen LogP contribution in [-0.2, 0) is 22.4 Å². The minimum Gasteiger partial charge on any atom is -0.379 e. The molecule has 2 bridgehead atoms. The molecule has 6 nitrogen and oxygen atoms in total. The minimum atomic E-state index is 0.0382. The van der Waals surface area contributed by atoms with Crippen LogP contribution in [0.4, 0.5) is 5.82 Å². The van der Waals surface area contributed by atoms with Gasteiger partial charge in [-0.3, -0.25) is 4.79 Å². The quantitative estimate of drug-likeness (QED) is 0.752. The Morgan fingerprint density at radius 2 is 1.90 bits per heavy atom. The van der Waals surface area contributed by atoms with E-state index in [1.54, 1.807) is 0 Å². The number of nitriles is 1. The van der Waals surface area contributed by atoms with Crippen LogP contribution in [0.1, 0.15) is 61.8 Å². The van der Waals surface area contributed by atoms with Gasteiger partial charge in [0, 0.05) is 37.2 Å². The van der Waals surface area contributed by atoms with Crippen LogP contribution in [0.5, 0.6) is 0 Å². The van der Waals surface area contributed by atoms with Crippen LogP contribution in [0.15, 0.2) is 6.07 Å². The van der Waals surface area contributed by atoms with E-state index in [4.69, 9.17) is 9.72 Å². The summed E-state index contributed by atoms with van der Waals surface area (Å²) in [4.78, 5) is 22.8. The Balaban J connectivity index is 1.42. The van der Waals surface area contributed by atoms with E-state index >= 15 is 0 Å². The summed E-state index contributed by atoms with van der Waals surface area (Å²) in [7, 11) is 0. The molecule has 2 aliphatic heterocycles. The van der Waals surface area contributed by atoms with Crippen molar-refractivity contribution in [2.45, 2.75) is 63.8 Å². The first kappa shape index (κ1) is 19.8. The number of pyridine rings is 1. The Kier molecular flexibility index (Phi) is 5.64. The van der Waals surface area contributed by atoms with Gasteiger partial charge < -0.3 is 14.5 Å². The topological polar surface area (TPSA) is 69.5 Å². The lowest BCUT2D eigenvalue weighted by Crippen LogP contribution is -2.49. The van der Waals surface area contributed by atoms with Gasteiger partial charge in [0.05, 0.1) is 24.8 Å². The van der Waals surface area contributed by atoms with Crippen molar-refractivity contribution in [1.82, 2.24) is 9.88 Å². The molecule has 0 aromatic carbocycles. The molecule has 0 radical (unpaired) electrons. The number of rotatable bonds is 2. The fourth-order valence-electron chi connectivity index (χ4n) is 5.82. The van der Waals surface area contributed by atoms with Gasteiger partial charge in [0.25, 0.3) is 0 Å². The number of hydrogen-bond acceptors (Lipinski definition) is 5. The summed E-state index contributed by atoms with van der Waals surface area (Å²) in [5.74, 6) is 1.59. The van der Waals surface area contributed by atoms with Gasteiger partial charge in [-0.1, -0.05) is 19.3 Å². The van der Waals surface area contributed by atoms with Crippen molar-refractivity contribution in [3.63, 3.8) is 0 Å². The highest BCUT2D eigenvalue weighted by Gasteiger charge is 2.39. The van der Waals surface area contributed by atoms with E-state index in [-0.39, 0.29) is 17.9 Å². The van der Waals surface area contributed by atoms with Crippen LogP contribution in [-0.4, -0.2) is 54.7 Å². The molecule has 0 N–H and O–H groups in total. The number of ether oxygens (including phenoxy) is 1. The Labute approximate surface area is 179 Å². The van der Waals surface area contributed by atoms with Crippen LogP contribution in [0.3, 0.4) is 0 Å². The van der Waals surface area contributed by atoms with Gasteiger partial charge in [0.15, 0.2) is 0 Å². The lowest BCUT2D eigenvalue weighted by Gasteiger charge is -2.35. The fourth-order valence-corrected chi connectivity index (χ4v) is 5.82. The molecular weight excluding hydrogens is 376 g/mol. The molecule has 2 saturated heterocycles. The van der Waals surface area contributed by atoms with E-state index < -0.39 is 0 Å². The first-order valence-electron chi connectivity index (χ1n) is 11.8. The third-order valence-electron chi connectivity index (χ3n) is 7.41. The van der Waals surface area contributed by atoms with Crippen molar-refractivity contribution >= 4 is 11.7 Å². The van der Waals surface area contributed by atoms with Crippen molar-refractivity contribution in [3.8, 4) is 6.07 Å². The lowest BCUT2D eigenvalue weighted by atomic mass is 9.88. The van der Waals surface area contributed by atoms with Crippen LogP contribution in [0.25, 0.3) is 0 Å². The van der Waals surface area contributed by atoms with Crippen molar-refractivity contribution in [3.05, 3.63) is 22.9 Å². The average molecular weight is 409 g/mol. The summed E-state index contributed by atoms with van der Waals surface area (Å²) in [5, 5.41) is 9.83. The molecule has 3 fully saturated rings. The first-order valence-corrected chi connectivity index (χ1v) is 11.8. The van der Waals surface area contributed by atoms with Gasteiger partial charge in [0.2, 0.25) is 5.91 Å². The molecule has 1 amide bonds. The summed E-state index contributed by atoms with van der Waals surface area (Å²) in [6, 6.07) is 4.51. The number of nitrogens with zero attached hydrogens (tertiary/aromatic N) is 4. The Bertz CT molecular complexity index is 842. The Hall–Kier alpha value is -2.13. The fraction of sp³-hybridized carbons (Fsp3) is 0.708. The summed E-state index contributed by atoms with van der Waals surface area (Å²) >= 11 is 0. The number of carbonyl (C=O) groups excluding carboxylic acids is 1. The zero-order chi connectivity index (χ0) is 20.5. The third-order valence-corrected chi connectivity index (χ3v) is 7.41. The van der Waals surface area contributed by atoms with Gasteiger partial charge in [-0.2, -0.15) is 5.26 Å². The highest BCUT2D eigenvalue weighted by molar-refractivity contribution is 5.79. The summed E-state index contributed by atoms with van der Waals surface area (Å²) in [5.41, 5.74) is 3.09. The number of carbonyl (C=O) groups is 1. The van der Waals surface area contributed by atoms with E-state index in [2.05, 4.69) is 21.9 Å². The lowest BCUT2D eigenvalue weighted by molar-refractivity contribution is -0.139. The molecule has 160 valence electrons. The van der Waals surface area contributed by atoms with Gasteiger partial charge >= 0.3 is 0 Å². The van der Waals surface area contributed by atoms with Gasteiger partial charge in [-0.05, 0) is 50.2 Å². The number of fused-ring (bicyclic) bond motifs is 4. The second-order valence-electron chi connectivity index (χ2n) is 9.57. The zero-order valence-corrected chi connectivity index (χ0v) is 17.8. The zero-order valence-electron chi connectivity index (χ0n) is 17.8. The number of anilines is 1. The van der Waals surface area contributed by atoms with Gasteiger partial charge in [0.1, 0.15) is 11.9 Å². The second-order valence-corrected chi connectivity index (χ2v) is 9.57. The number of aryl methyl sites for hydroxylation is 2. The molecule has 5 rings (SSSR count). The highest BCUT2D eigenvalue weighted by Crippen LogP contribution is 2.32. The molecule has 6 heteroatoms. The van der Waals surface area contributed by atoms with E-state index in [1.807, 2.05) is 0 Å². The molecule has 1 aromatic rings. The van der Waals surface area contributed by atoms with Crippen LogP contribution in [0, 0.1) is 23.2 Å². The monoisotopic (exact) mass is 408 g/mol. The van der Waals surface area contributed by atoms with Gasteiger partial charge in [-0.25, -0.2) is 4.98 Å². The molecular formula is C24H32N4O2. The van der Waals surface area contributed by atoms with Crippen molar-refractivity contribution in [1.29, 1.82) is 5.26 Å². The van der Waals surface area contributed by atoms with E-state index in [0.717, 1.165) is 50.3 Å². The van der Waals surface area contributed by atoms with Crippen LogP contribution >= 0.6 is 0 Å². The number of hydrogen-bond donors (Lipinski definition) is 0. The maximum absolute atomic E-state index is 13.4. The van der Waals surface area contributed by atoms with Crippen molar-refractivity contribution in [2.24, 2.45) is 11.8 Å². The predicted octanol–water partition coefficient (Wildman–Crippen LogP) is 3.08. The second kappa shape index (κ2) is 8.55. The molecule has 2 atom stereocenters. The molecule has 4 aliphatic rings. The SMILES string of the molecule is N#Cc1cc2c(nc1N1C[C@@H]3COC[C@H](C1)N(C(=O)C1CCCCC1)C3)CCCC2. The standard InChI is InChI=1S/C24H32N4O2/c25-11-20-10-19-8-4-5-9-22(19)26-23(20)27-12-17-13-28(21(14-27)16-30-15-17)24(29)18-6-2-1-3-7-18/h10,17-18,21H,1-9,12-16H2/t17-,21-/m0/s1. The summed E-state index contributed by atoms with van der Waals surface area (Å²) < 4.78 is 5.95. The molecule has 1 saturated carbocycles. The molecule has 0 unspecified atom stereocenters. The minimum absolute atomic E-state index is 0.0382. The highest BCUT2D eigenvalue weighted by atomic mass is 16.5. The Morgan fingerprint density at radius 1 is 1.07 bits per heavy atom. The van der Waals surface area contributed by atoms with Crippen LogP contribution in [0.2, 0.25) is 0 Å². The van der Waals surface area contributed by atoms with E-state index in [1.165, 1.54) is 37.7 Å². The molecule has 2 aliphatic carbocycles. The van der Waals surface area contributed by atoms with Crippen molar-refractivity contribution in [2.75, 3.05) is 37.7 Å². The van der Waals surface area contributed by atoms with Crippen LogP contribution < -0.4 is 4.90 Å². The van der Waals surface area contributed by atoms with Gasteiger partial charge in [-0.15, -0.1) is 0 Å². The molecule has 30 heavy (non-hydrogen) atoms. The van der Waals surface area contributed by atoms with Crippen molar-refractivity contribution < 1.29 is 9.53 Å². The first-order chi connectivity index (χ1) is 14.7. The largest absolute Gasteiger partial charge is 0.379 e. The maximum Gasteiger partial charge on any atom is 0.226 e. The molecule has 0 spiro atoms. The normalized spacial score (nSPS) is 27.2. The van der Waals surface area contributed by atoms with E-state index in [9.17, 15) is 10.1 Å². The summed E-state index contributed by atoms with van der Waals surface area (Å²) in [6.07, 6.45) is 10.1. The smallest absolute Gasteiger partial charge is 0.226 e. The average Bonchev–Trinajstić information content (AvgIpc) is 3.09. The number of aromatic nitrogens is 1. The number of amides is 1.